The van der Waals surface area contributed by atoms with Gasteiger partial charge in [-0.2, -0.15) is 0 Å². The average Bonchev–Trinajstić information content (AvgIpc) is 2.47. The van der Waals surface area contributed by atoms with E-state index in [1.54, 1.807) is 12.1 Å². The Morgan fingerprint density at radius 2 is 1.81 bits per heavy atom. The van der Waals surface area contributed by atoms with E-state index in [4.69, 9.17) is 11.6 Å². The lowest BCUT2D eigenvalue weighted by atomic mass is 9.90. The highest BCUT2D eigenvalue weighted by Gasteiger charge is 2.14. The molecule has 4 heteroatoms. The maximum Gasteiger partial charge on any atom is 0.323 e. The first kappa shape index (κ1) is 14.0. The second-order valence-corrected chi connectivity index (χ2v) is 5.68. The molecule has 3 rings (SSSR count). The average molecular weight is 301 g/mol. The molecule has 0 radical (unpaired) electrons. The zero-order chi connectivity index (χ0) is 14.7. The number of amides is 2. The summed E-state index contributed by atoms with van der Waals surface area (Å²) >= 11 is 5.91. The number of rotatable bonds is 2. The molecule has 21 heavy (non-hydrogen) atoms. The monoisotopic (exact) mass is 300 g/mol. The van der Waals surface area contributed by atoms with Gasteiger partial charge in [0.1, 0.15) is 0 Å². The fraction of sp³-hybridized carbons (Fsp3) is 0.235. The molecule has 0 spiro atoms. The van der Waals surface area contributed by atoms with Crippen molar-refractivity contribution in [2.24, 2.45) is 0 Å². The maximum absolute atomic E-state index is 12.1. The van der Waals surface area contributed by atoms with Crippen molar-refractivity contribution >= 4 is 29.0 Å². The largest absolute Gasteiger partial charge is 0.323 e. The third-order valence-corrected chi connectivity index (χ3v) is 3.96. The first-order valence-corrected chi connectivity index (χ1v) is 7.54. The van der Waals surface area contributed by atoms with Gasteiger partial charge >= 0.3 is 6.03 Å². The highest BCUT2D eigenvalue weighted by Crippen LogP contribution is 2.28. The molecule has 0 heterocycles. The SMILES string of the molecule is O=C(Nc1cccc(Cl)c1)Nc1cccc2c1CCCC2. The van der Waals surface area contributed by atoms with Crippen molar-refractivity contribution in [2.75, 3.05) is 10.6 Å². The topological polar surface area (TPSA) is 41.1 Å². The van der Waals surface area contributed by atoms with Crippen molar-refractivity contribution in [3.63, 3.8) is 0 Å². The highest BCUT2D eigenvalue weighted by molar-refractivity contribution is 6.30. The number of hydrogen-bond donors (Lipinski definition) is 2. The van der Waals surface area contributed by atoms with Crippen molar-refractivity contribution in [2.45, 2.75) is 25.7 Å². The summed E-state index contributed by atoms with van der Waals surface area (Å²) < 4.78 is 0. The third-order valence-electron chi connectivity index (χ3n) is 3.73. The maximum atomic E-state index is 12.1. The van der Waals surface area contributed by atoms with Gasteiger partial charge in [0, 0.05) is 16.4 Å². The van der Waals surface area contributed by atoms with Crippen LogP contribution in [0.5, 0.6) is 0 Å². The molecule has 108 valence electrons. The van der Waals surface area contributed by atoms with E-state index < -0.39 is 0 Å². The lowest BCUT2D eigenvalue weighted by Crippen LogP contribution is -2.21. The van der Waals surface area contributed by atoms with Gasteiger partial charge in [-0.15, -0.1) is 0 Å². The van der Waals surface area contributed by atoms with Crippen LogP contribution in [-0.2, 0) is 12.8 Å². The molecule has 0 unspecified atom stereocenters. The van der Waals surface area contributed by atoms with Gasteiger partial charge in [-0.1, -0.05) is 29.8 Å². The van der Waals surface area contributed by atoms with E-state index in [9.17, 15) is 4.79 Å². The van der Waals surface area contributed by atoms with Crippen LogP contribution in [-0.4, -0.2) is 6.03 Å². The summed E-state index contributed by atoms with van der Waals surface area (Å²) in [5.41, 5.74) is 4.21. The van der Waals surface area contributed by atoms with Crippen molar-refractivity contribution in [1.29, 1.82) is 0 Å². The molecular formula is C17H17ClN2O. The summed E-state index contributed by atoms with van der Waals surface area (Å²) in [5, 5.41) is 6.35. The number of carbonyl (C=O) groups is 1. The molecule has 0 saturated carbocycles. The summed E-state index contributed by atoms with van der Waals surface area (Å²) in [6, 6.07) is 13.0. The van der Waals surface area contributed by atoms with E-state index >= 15 is 0 Å². The van der Waals surface area contributed by atoms with Crippen LogP contribution >= 0.6 is 11.6 Å². The highest BCUT2D eigenvalue weighted by atomic mass is 35.5. The first-order valence-electron chi connectivity index (χ1n) is 7.17. The summed E-state index contributed by atoms with van der Waals surface area (Å²) in [6.07, 6.45) is 4.54. The minimum absolute atomic E-state index is 0.240. The van der Waals surface area contributed by atoms with Crippen molar-refractivity contribution in [3.8, 4) is 0 Å². The van der Waals surface area contributed by atoms with Crippen LogP contribution < -0.4 is 10.6 Å². The van der Waals surface area contributed by atoms with Crippen molar-refractivity contribution < 1.29 is 4.79 Å². The fourth-order valence-corrected chi connectivity index (χ4v) is 2.94. The van der Waals surface area contributed by atoms with E-state index in [2.05, 4.69) is 16.7 Å². The van der Waals surface area contributed by atoms with Crippen LogP contribution in [0.1, 0.15) is 24.0 Å². The summed E-state index contributed by atoms with van der Waals surface area (Å²) in [4.78, 5) is 12.1. The van der Waals surface area contributed by atoms with E-state index in [0.717, 1.165) is 18.5 Å². The molecule has 3 nitrogen and oxygen atoms in total. The molecular weight excluding hydrogens is 284 g/mol. The Balaban J connectivity index is 1.73. The van der Waals surface area contributed by atoms with Gasteiger partial charge in [0.25, 0.3) is 0 Å². The normalized spacial score (nSPS) is 13.4. The standard InChI is InChI=1S/C17H17ClN2O/c18-13-7-4-8-14(11-13)19-17(21)20-16-10-3-6-12-5-1-2-9-15(12)16/h3-4,6-8,10-11H,1-2,5,9H2,(H2,19,20,21). The Kier molecular flexibility index (Phi) is 4.11. The number of hydrogen-bond acceptors (Lipinski definition) is 1. The van der Waals surface area contributed by atoms with Gasteiger partial charge < -0.3 is 10.6 Å². The van der Waals surface area contributed by atoms with E-state index in [1.165, 1.54) is 24.0 Å². The molecule has 0 bridgehead atoms. The second-order valence-electron chi connectivity index (χ2n) is 5.24. The van der Waals surface area contributed by atoms with Crippen LogP contribution in [0.25, 0.3) is 0 Å². The van der Waals surface area contributed by atoms with Gasteiger partial charge in [-0.25, -0.2) is 4.79 Å². The minimum Gasteiger partial charge on any atom is -0.308 e. The molecule has 2 amide bonds. The lowest BCUT2D eigenvalue weighted by Gasteiger charge is -2.19. The third kappa shape index (κ3) is 3.37. The zero-order valence-corrected chi connectivity index (χ0v) is 12.4. The second kappa shape index (κ2) is 6.19. The van der Waals surface area contributed by atoms with Crippen LogP contribution in [0, 0.1) is 0 Å². The predicted octanol–water partition coefficient (Wildman–Crippen LogP) is 4.86. The Hall–Kier alpha value is -2.00. The minimum atomic E-state index is -0.240. The zero-order valence-electron chi connectivity index (χ0n) is 11.7. The Labute approximate surface area is 129 Å². The molecule has 1 aliphatic carbocycles. The first-order chi connectivity index (χ1) is 10.2. The van der Waals surface area contributed by atoms with Crippen molar-refractivity contribution in [1.82, 2.24) is 0 Å². The number of urea groups is 1. The van der Waals surface area contributed by atoms with E-state index in [-0.39, 0.29) is 6.03 Å². The van der Waals surface area contributed by atoms with Gasteiger partial charge in [0.2, 0.25) is 0 Å². The van der Waals surface area contributed by atoms with Gasteiger partial charge in [0.15, 0.2) is 0 Å². The van der Waals surface area contributed by atoms with Crippen LogP contribution in [0.4, 0.5) is 16.2 Å². The van der Waals surface area contributed by atoms with E-state index in [0.29, 0.717) is 10.7 Å². The molecule has 2 N–H and O–H groups in total. The smallest absolute Gasteiger partial charge is 0.308 e. The summed E-state index contributed by atoms with van der Waals surface area (Å²) in [5.74, 6) is 0. The summed E-state index contributed by atoms with van der Waals surface area (Å²) in [6.45, 7) is 0. The predicted molar refractivity (Wildman–Crippen MR) is 87.2 cm³/mol. The Bertz CT molecular complexity index is 670. The molecule has 0 fully saturated rings. The molecule has 0 aliphatic heterocycles. The van der Waals surface area contributed by atoms with Crippen molar-refractivity contribution in [3.05, 3.63) is 58.6 Å². The summed E-state index contributed by atoms with van der Waals surface area (Å²) in [7, 11) is 0. The number of carbonyl (C=O) groups excluding carboxylic acids is 1. The Morgan fingerprint density at radius 1 is 1.00 bits per heavy atom. The van der Waals surface area contributed by atoms with E-state index in [1.807, 2.05) is 24.3 Å². The molecule has 0 atom stereocenters. The van der Waals surface area contributed by atoms with Crippen LogP contribution in [0.2, 0.25) is 5.02 Å². The fourth-order valence-electron chi connectivity index (χ4n) is 2.75. The van der Waals surface area contributed by atoms with Crippen LogP contribution in [0.15, 0.2) is 42.5 Å². The number of aryl methyl sites for hydroxylation is 1. The number of benzene rings is 2. The number of halogens is 1. The molecule has 0 saturated heterocycles. The quantitative estimate of drug-likeness (QED) is 0.817. The molecule has 0 aromatic heterocycles. The molecule has 2 aromatic rings. The Morgan fingerprint density at radius 3 is 2.67 bits per heavy atom. The van der Waals surface area contributed by atoms with Gasteiger partial charge in [-0.3, -0.25) is 0 Å². The number of fused-ring (bicyclic) bond motifs is 1. The lowest BCUT2D eigenvalue weighted by molar-refractivity contribution is 0.262. The molecule has 1 aliphatic rings. The molecule has 2 aromatic carbocycles. The van der Waals surface area contributed by atoms with Gasteiger partial charge in [-0.05, 0) is 61.1 Å². The number of anilines is 2. The number of nitrogens with one attached hydrogen (secondary N) is 2. The van der Waals surface area contributed by atoms with Crippen LogP contribution in [0.3, 0.4) is 0 Å². The van der Waals surface area contributed by atoms with Gasteiger partial charge in [0.05, 0.1) is 0 Å².